The van der Waals surface area contributed by atoms with E-state index in [2.05, 4.69) is 11.8 Å². The molecule has 2 rings (SSSR count). The van der Waals surface area contributed by atoms with E-state index < -0.39 is 24.1 Å². The first-order valence-corrected chi connectivity index (χ1v) is 11.0. The van der Waals surface area contributed by atoms with Gasteiger partial charge in [-0.25, -0.2) is 9.59 Å². The van der Waals surface area contributed by atoms with Gasteiger partial charge in [-0.3, -0.25) is 0 Å². The first-order valence-electron chi connectivity index (χ1n) is 11.0. The van der Waals surface area contributed by atoms with Crippen molar-refractivity contribution in [2.45, 2.75) is 38.9 Å². The minimum atomic E-state index is -0.982. The lowest BCUT2D eigenvalue weighted by molar-refractivity contribution is -0.150. The van der Waals surface area contributed by atoms with Crippen molar-refractivity contribution in [2.24, 2.45) is 0 Å². The number of rotatable bonds is 14. The average molecular weight is 471 g/mol. The van der Waals surface area contributed by atoms with E-state index in [-0.39, 0.29) is 26.1 Å². The van der Waals surface area contributed by atoms with Crippen molar-refractivity contribution in [2.75, 3.05) is 26.4 Å². The summed E-state index contributed by atoms with van der Waals surface area (Å²) < 4.78 is 21.6. The van der Waals surface area contributed by atoms with Crippen LogP contribution >= 0.6 is 0 Å². The zero-order valence-corrected chi connectivity index (χ0v) is 19.4. The van der Waals surface area contributed by atoms with Crippen molar-refractivity contribution < 1.29 is 38.7 Å². The number of carboxylic acids is 2. The Bertz CT molecular complexity index is 880. The second-order valence-electron chi connectivity index (χ2n) is 7.19. The van der Waals surface area contributed by atoms with Crippen LogP contribution < -0.4 is 9.47 Å². The monoisotopic (exact) mass is 470 g/mol. The fourth-order valence-electron chi connectivity index (χ4n) is 3.05. The molecular weight excluding hydrogens is 440 g/mol. The van der Waals surface area contributed by atoms with Crippen LogP contribution in [0.2, 0.25) is 0 Å². The maximum atomic E-state index is 11.2. The Hall–Kier alpha value is -3.54. The van der Waals surface area contributed by atoms with Crippen LogP contribution in [0.25, 0.3) is 0 Å². The maximum Gasteiger partial charge on any atom is 0.333 e. The van der Waals surface area contributed by atoms with Crippen LogP contribution in [0.3, 0.4) is 0 Å². The molecule has 0 radical (unpaired) electrons. The first-order chi connectivity index (χ1) is 16.4. The minimum absolute atomic E-state index is 0.187. The molecule has 0 heterocycles. The Kier molecular flexibility index (Phi) is 11.5. The lowest BCUT2D eigenvalue weighted by Crippen LogP contribution is -2.26. The Labute approximate surface area is 199 Å². The van der Waals surface area contributed by atoms with Crippen LogP contribution in [0.1, 0.15) is 25.0 Å². The highest BCUT2D eigenvalue weighted by atomic mass is 16.5. The largest absolute Gasteiger partial charge is 0.481 e. The van der Waals surface area contributed by atoms with Gasteiger partial charge in [-0.1, -0.05) is 36.1 Å². The average Bonchev–Trinajstić information content (AvgIpc) is 2.82. The highest BCUT2D eigenvalue weighted by molar-refractivity contribution is 5.73. The predicted octanol–water partition coefficient (Wildman–Crippen LogP) is 3.21. The van der Waals surface area contributed by atoms with Gasteiger partial charge in [0.2, 0.25) is 0 Å². The summed E-state index contributed by atoms with van der Waals surface area (Å²) in [7, 11) is 0. The number of benzene rings is 2. The molecule has 2 aromatic rings. The number of carbonyl (C=O) groups is 2. The van der Waals surface area contributed by atoms with Gasteiger partial charge in [0.25, 0.3) is 0 Å². The molecule has 182 valence electrons. The Morgan fingerprint density at radius 1 is 0.706 bits per heavy atom. The molecule has 0 saturated carbocycles. The van der Waals surface area contributed by atoms with Gasteiger partial charge in [0, 0.05) is 26.1 Å². The van der Waals surface area contributed by atoms with Gasteiger partial charge in [0.1, 0.15) is 24.7 Å². The van der Waals surface area contributed by atoms with E-state index in [1.165, 1.54) is 0 Å². The normalized spacial score (nSPS) is 12.2. The van der Waals surface area contributed by atoms with Crippen molar-refractivity contribution in [1.29, 1.82) is 0 Å². The van der Waals surface area contributed by atoms with Crippen LogP contribution in [-0.4, -0.2) is 60.8 Å². The summed E-state index contributed by atoms with van der Waals surface area (Å²) in [5.74, 6) is 5.03. The third kappa shape index (κ3) is 9.53. The molecule has 0 bridgehead atoms. The molecule has 8 heteroatoms. The molecule has 0 spiro atoms. The number of aliphatic carboxylic acids is 2. The van der Waals surface area contributed by atoms with Gasteiger partial charge in [0.15, 0.2) is 12.2 Å². The van der Waals surface area contributed by atoms with Crippen molar-refractivity contribution in [3.8, 4) is 23.3 Å². The number of carboxylic acid groups (broad SMARTS) is 2. The van der Waals surface area contributed by atoms with E-state index >= 15 is 0 Å². The summed E-state index contributed by atoms with van der Waals surface area (Å²) in [5.41, 5.74) is 1.69. The Morgan fingerprint density at radius 3 is 1.35 bits per heavy atom. The van der Waals surface area contributed by atoms with Gasteiger partial charge < -0.3 is 29.2 Å². The maximum absolute atomic E-state index is 11.2. The van der Waals surface area contributed by atoms with E-state index in [9.17, 15) is 9.59 Å². The Morgan fingerprint density at radius 2 is 1.06 bits per heavy atom. The second-order valence-corrected chi connectivity index (χ2v) is 7.19. The van der Waals surface area contributed by atoms with Gasteiger partial charge in [0.05, 0.1) is 0 Å². The summed E-state index contributed by atoms with van der Waals surface area (Å²) in [6.07, 6.45) is -1.16. The minimum Gasteiger partial charge on any atom is -0.481 e. The van der Waals surface area contributed by atoms with E-state index in [1.54, 1.807) is 62.4 Å². The third-order valence-electron chi connectivity index (χ3n) is 4.72. The van der Waals surface area contributed by atoms with E-state index in [0.29, 0.717) is 24.7 Å². The highest BCUT2D eigenvalue weighted by Gasteiger charge is 2.18. The standard InChI is InChI=1S/C26H30O8/c1-3-31-23(25(27)28)17-19-7-11-21(12-8-19)33-15-5-6-16-34-22-13-9-20(10-14-22)18-24(26(29)30)32-4-2/h7-14,23-24H,3-4,15-18H2,1-2H3,(H,27,28)(H,29,30)/t23-,24+. The van der Waals surface area contributed by atoms with Crippen molar-refractivity contribution in [3.05, 3.63) is 59.7 Å². The number of ether oxygens (including phenoxy) is 4. The van der Waals surface area contributed by atoms with Crippen LogP contribution in [0.5, 0.6) is 11.5 Å². The van der Waals surface area contributed by atoms with Crippen LogP contribution in [-0.2, 0) is 31.9 Å². The molecule has 0 aliphatic rings. The zero-order valence-electron chi connectivity index (χ0n) is 19.4. The van der Waals surface area contributed by atoms with E-state index in [1.807, 2.05) is 0 Å². The summed E-state index contributed by atoms with van der Waals surface area (Å²) in [5, 5.41) is 18.3. The summed E-state index contributed by atoms with van der Waals surface area (Å²) in [6.45, 7) is 4.58. The van der Waals surface area contributed by atoms with E-state index in [4.69, 9.17) is 29.2 Å². The molecule has 2 aromatic carbocycles. The molecule has 0 saturated heterocycles. The van der Waals surface area contributed by atoms with Gasteiger partial charge in [-0.05, 0) is 49.2 Å². The van der Waals surface area contributed by atoms with Crippen molar-refractivity contribution in [3.63, 3.8) is 0 Å². The summed E-state index contributed by atoms with van der Waals surface area (Å²) in [4.78, 5) is 22.4. The van der Waals surface area contributed by atoms with Gasteiger partial charge in [-0.15, -0.1) is 0 Å². The molecule has 0 aromatic heterocycles. The summed E-state index contributed by atoms with van der Waals surface area (Å²) >= 11 is 0. The fourth-order valence-corrected chi connectivity index (χ4v) is 3.05. The van der Waals surface area contributed by atoms with Crippen LogP contribution in [0, 0.1) is 11.8 Å². The topological polar surface area (TPSA) is 112 Å². The number of hydrogen-bond acceptors (Lipinski definition) is 6. The molecule has 2 atom stereocenters. The fraction of sp³-hybridized carbons (Fsp3) is 0.385. The highest BCUT2D eigenvalue weighted by Crippen LogP contribution is 2.15. The van der Waals surface area contributed by atoms with Crippen molar-refractivity contribution >= 4 is 11.9 Å². The second kappa shape index (κ2) is 14.6. The quantitative estimate of drug-likeness (QED) is 0.405. The van der Waals surface area contributed by atoms with E-state index in [0.717, 1.165) is 11.1 Å². The zero-order chi connectivity index (χ0) is 24.8. The van der Waals surface area contributed by atoms with Crippen LogP contribution in [0.4, 0.5) is 0 Å². The van der Waals surface area contributed by atoms with Gasteiger partial charge >= 0.3 is 11.9 Å². The lowest BCUT2D eigenvalue weighted by atomic mass is 10.1. The van der Waals surface area contributed by atoms with Crippen molar-refractivity contribution in [1.82, 2.24) is 0 Å². The van der Waals surface area contributed by atoms with Crippen LogP contribution in [0.15, 0.2) is 48.5 Å². The van der Waals surface area contributed by atoms with Gasteiger partial charge in [-0.2, -0.15) is 0 Å². The predicted molar refractivity (Wildman–Crippen MR) is 125 cm³/mol. The molecule has 0 amide bonds. The molecule has 2 N–H and O–H groups in total. The number of hydrogen-bond donors (Lipinski definition) is 2. The smallest absolute Gasteiger partial charge is 0.333 e. The summed E-state index contributed by atoms with van der Waals surface area (Å²) in [6, 6.07) is 14.3. The lowest BCUT2D eigenvalue weighted by Gasteiger charge is -2.12. The molecule has 0 unspecified atom stereocenters. The molecule has 0 aliphatic carbocycles. The molecule has 0 aliphatic heterocycles. The molecule has 8 nitrogen and oxygen atoms in total. The molecular formula is C26H30O8. The Balaban J connectivity index is 1.73. The first kappa shape index (κ1) is 26.7. The molecule has 0 fully saturated rings. The SMILES string of the molecule is CCO[C@@H](Cc1ccc(OCC#CCOc2ccc(C[C@@H](OCC)C(=O)O)cc2)cc1)C(=O)O. The third-order valence-corrected chi connectivity index (χ3v) is 4.72. The molecule has 34 heavy (non-hydrogen) atoms.